The van der Waals surface area contributed by atoms with Crippen molar-refractivity contribution in [2.24, 2.45) is 22.7 Å². The highest BCUT2D eigenvalue weighted by Crippen LogP contribution is 2.65. The lowest BCUT2D eigenvalue weighted by atomic mass is 9.46. The maximum absolute atomic E-state index is 11.8. The molecule has 3 heteroatoms. The Bertz CT molecular complexity index is 351. The second-order valence-electron chi connectivity index (χ2n) is 6.45. The van der Waals surface area contributed by atoms with Crippen LogP contribution >= 0.6 is 0 Å². The van der Waals surface area contributed by atoms with E-state index in [2.05, 4.69) is 20.8 Å². The van der Waals surface area contributed by atoms with Crippen LogP contribution in [0.15, 0.2) is 0 Å². The average molecular weight is 224 g/mol. The average Bonchev–Trinajstić information content (AvgIpc) is 2.42. The molecule has 0 radical (unpaired) electrons. The van der Waals surface area contributed by atoms with Gasteiger partial charge in [-0.25, -0.2) is 0 Å². The molecule has 4 rings (SSSR count). The van der Waals surface area contributed by atoms with E-state index in [9.17, 15) is 9.90 Å². The topological polar surface area (TPSA) is 46.5 Å². The van der Waals surface area contributed by atoms with Gasteiger partial charge >= 0.3 is 5.97 Å². The summed E-state index contributed by atoms with van der Waals surface area (Å²) in [6, 6.07) is 0. The number of hydrogen-bond donors (Lipinski definition) is 1. The van der Waals surface area contributed by atoms with Crippen LogP contribution < -0.4 is 0 Å². The van der Waals surface area contributed by atoms with Crippen molar-refractivity contribution in [3.63, 3.8) is 0 Å². The van der Waals surface area contributed by atoms with Crippen molar-refractivity contribution in [3.05, 3.63) is 0 Å². The van der Waals surface area contributed by atoms with Gasteiger partial charge in [0.1, 0.15) is 6.10 Å². The summed E-state index contributed by atoms with van der Waals surface area (Å²) in [5.74, 6) is 0.359. The van der Waals surface area contributed by atoms with Crippen LogP contribution in [0.3, 0.4) is 0 Å². The molecule has 0 aromatic heterocycles. The third-order valence-corrected chi connectivity index (χ3v) is 5.71. The number of aliphatic hydroxyl groups is 1. The lowest BCUT2D eigenvalue weighted by molar-refractivity contribution is -0.191. The Hall–Kier alpha value is -0.570. The van der Waals surface area contributed by atoms with Crippen molar-refractivity contribution in [1.82, 2.24) is 0 Å². The molecule has 0 aromatic carbocycles. The van der Waals surface area contributed by atoms with Gasteiger partial charge < -0.3 is 9.84 Å². The van der Waals surface area contributed by atoms with Crippen LogP contribution in [0.25, 0.3) is 0 Å². The first-order chi connectivity index (χ1) is 7.42. The van der Waals surface area contributed by atoms with Gasteiger partial charge in [-0.2, -0.15) is 0 Å². The first-order valence-corrected chi connectivity index (χ1v) is 6.30. The fraction of sp³-hybridized carbons (Fsp3) is 0.923. The molecule has 5 atom stereocenters. The molecule has 4 aliphatic rings. The molecule has 90 valence electrons. The van der Waals surface area contributed by atoms with Gasteiger partial charge in [-0.05, 0) is 25.2 Å². The SMILES string of the molecule is CC(C)C12CCC3(C)C(C1)C(=O)OC3C2O. The summed E-state index contributed by atoms with van der Waals surface area (Å²) >= 11 is 0. The van der Waals surface area contributed by atoms with Crippen LogP contribution in [-0.4, -0.2) is 23.3 Å². The van der Waals surface area contributed by atoms with E-state index in [0.717, 1.165) is 19.3 Å². The van der Waals surface area contributed by atoms with Crippen molar-refractivity contribution < 1.29 is 14.6 Å². The summed E-state index contributed by atoms with van der Waals surface area (Å²) < 4.78 is 5.42. The van der Waals surface area contributed by atoms with Crippen LogP contribution in [0.1, 0.15) is 40.0 Å². The van der Waals surface area contributed by atoms with Gasteiger partial charge in [0.05, 0.1) is 12.0 Å². The highest BCUT2D eigenvalue weighted by molar-refractivity contribution is 5.77. The Morgan fingerprint density at radius 2 is 2.12 bits per heavy atom. The van der Waals surface area contributed by atoms with E-state index < -0.39 is 6.10 Å². The predicted molar refractivity (Wildman–Crippen MR) is 58.6 cm³/mol. The van der Waals surface area contributed by atoms with Gasteiger partial charge in [-0.15, -0.1) is 0 Å². The zero-order valence-corrected chi connectivity index (χ0v) is 10.2. The van der Waals surface area contributed by atoms with Gasteiger partial charge in [0, 0.05) is 10.8 Å². The number of carbonyl (C=O) groups excluding carboxylic acids is 1. The van der Waals surface area contributed by atoms with Crippen LogP contribution in [0.5, 0.6) is 0 Å². The smallest absolute Gasteiger partial charge is 0.310 e. The molecule has 0 aromatic rings. The first-order valence-electron chi connectivity index (χ1n) is 6.30. The number of carbonyl (C=O) groups is 1. The Morgan fingerprint density at radius 1 is 1.44 bits per heavy atom. The standard InChI is InChI=1S/C13H20O3/c1-7(2)13-5-4-12(3)8(6-13)11(15)16-10(12)9(13)14/h7-10,14H,4-6H2,1-3H3. The summed E-state index contributed by atoms with van der Waals surface area (Å²) in [5.41, 5.74) is -0.188. The van der Waals surface area contributed by atoms with E-state index in [1.54, 1.807) is 0 Å². The Kier molecular flexibility index (Phi) is 1.86. The van der Waals surface area contributed by atoms with Crippen molar-refractivity contribution >= 4 is 5.97 Å². The third-order valence-electron chi connectivity index (χ3n) is 5.71. The number of fused-ring (bicyclic) bond motifs is 1. The minimum absolute atomic E-state index is 0.0250. The normalized spacial score (nSPS) is 54.6. The summed E-state index contributed by atoms with van der Waals surface area (Å²) in [6.45, 7) is 6.42. The van der Waals surface area contributed by atoms with Crippen molar-refractivity contribution in [2.75, 3.05) is 0 Å². The zero-order valence-electron chi connectivity index (χ0n) is 10.2. The van der Waals surface area contributed by atoms with Crippen LogP contribution in [0.2, 0.25) is 0 Å². The highest BCUT2D eigenvalue weighted by Gasteiger charge is 2.70. The molecule has 0 spiro atoms. The number of ether oxygens (including phenoxy) is 1. The molecular weight excluding hydrogens is 204 g/mol. The lowest BCUT2D eigenvalue weighted by Crippen LogP contribution is -2.62. The van der Waals surface area contributed by atoms with Crippen LogP contribution in [0.4, 0.5) is 0 Å². The van der Waals surface area contributed by atoms with E-state index in [1.165, 1.54) is 0 Å². The van der Waals surface area contributed by atoms with E-state index in [4.69, 9.17) is 4.74 Å². The van der Waals surface area contributed by atoms with Gasteiger partial charge in [0.15, 0.2) is 0 Å². The van der Waals surface area contributed by atoms with Gasteiger partial charge in [-0.3, -0.25) is 4.79 Å². The fourth-order valence-corrected chi connectivity index (χ4v) is 4.29. The molecule has 4 bridgehead atoms. The summed E-state index contributed by atoms with van der Waals surface area (Å²) in [6.07, 6.45) is 2.15. The molecule has 1 N–H and O–H groups in total. The summed E-state index contributed by atoms with van der Waals surface area (Å²) in [5, 5.41) is 10.5. The van der Waals surface area contributed by atoms with Gasteiger partial charge in [0.25, 0.3) is 0 Å². The maximum Gasteiger partial charge on any atom is 0.310 e. The molecule has 3 nitrogen and oxygen atoms in total. The zero-order chi connectivity index (χ0) is 11.7. The third kappa shape index (κ3) is 0.922. The van der Waals surface area contributed by atoms with Gasteiger partial charge in [0.2, 0.25) is 0 Å². The largest absolute Gasteiger partial charge is 0.459 e. The molecular formula is C13H20O3. The van der Waals surface area contributed by atoms with E-state index >= 15 is 0 Å². The van der Waals surface area contributed by atoms with Crippen LogP contribution in [0, 0.1) is 22.7 Å². The molecule has 1 heterocycles. The van der Waals surface area contributed by atoms with Crippen molar-refractivity contribution in [1.29, 1.82) is 0 Å². The van der Waals surface area contributed by atoms with Crippen molar-refractivity contribution in [3.8, 4) is 0 Å². The quantitative estimate of drug-likeness (QED) is 0.690. The molecule has 3 aliphatic carbocycles. The maximum atomic E-state index is 11.8. The molecule has 4 fully saturated rings. The molecule has 3 saturated carbocycles. The molecule has 0 amide bonds. The van der Waals surface area contributed by atoms with E-state index in [1.807, 2.05) is 0 Å². The van der Waals surface area contributed by atoms with Crippen molar-refractivity contribution in [2.45, 2.75) is 52.2 Å². The Balaban J connectivity index is 2.09. The molecule has 1 aliphatic heterocycles. The van der Waals surface area contributed by atoms with E-state index in [-0.39, 0.29) is 28.8 Å². The minimum atomic E-state index is -0.464. The minimum Gasteiger partial charge on any atom is -0.459 e. The second kappa shape index (κ2) is 2.81. The second-order valence-corrected chi connectivity index (χ2v) is 6.45. The number of aliphatic hydroxyl groups excluding tert-OH is 1. The summed E-state index contributed by atoms with van der Waals surface area (Å²) in [7, 11) is 0. The van der Waals surface area contributed by atoms with E-state index in [0.29, 0.717) is 5.92 Å². The van der Waals surface area contributed by atoms with Crippen LogP contribution in [-0.2, 0) is 9.53 Å². The predicted octanol–water partition coefficient (Wildman–Crippen LogP) is 1.74. The number of rotatable bonds is 1. The monoisotopic (exact) mass is 224 g/mol. The first kappa shape index (κ1) is 10.6. The fourth-order valence-electron chi connectivity index (χ4n) is 4.29. The lowest BCUT2D eigenvalue weighted by Gasteiger charge is -2.58. The highest BCUT2D eigenvalue weighted by atomic mass is 16.6. The Labute approximate surface area is 96.2 Å². The molecule has 5 unspecified atom stereocenters. The van der Waals surface area contributed by atoms with Gasteiger partial charge in [-0.1, -0.05) is 20.8 Å². The number of esters is 1. The Morgan fingerprint density at radius 3 is 2.75 bits per heavy atom. The number of hydrogen-bond acceptors (Lipinski definition) is 3. The molecule has 16 heavy (non-hydrogen) atoms. The summed E-state index contributed by atoms with van der Waals surface area (Å²) in [4.78, 5) is 11.8. The molecule has 1 saturated heterocycles.